The SMILES string of the molecule is CCN1CCN(CCCCNC(=O)NCc2ccc(OC)c(OC)c2)CC1. The van der Waals surface area contributed by atoms with Gasteiger partial charge < -0.3 is 29.9 Å². The van der Waals surface area contributed by atoms with Gasteiger partial charge in [0, 0.05) is 39.3 Å². The fourth-order valence-corrected chi connectivity index (χ4v) is 3.23. The first kappa shape index (κ1) is 21.3. The van der Waals surface area contributed by atoms with Gasteiger partial charge in [-0.1, -0.05) is 13.0 Å². The Labute approximate surface area is 163 Å². The van der Waals surface area contributed by atoms with E-state index < -0.39 is 0 Å². The van der Waals surface area contributed by atoms with E-state index in [1.54, 1.807) is 14.2 Å². The van der Waals surface area contributed by atoms with Crippen LogP contribution in [0.3, 0.4) is 0 Å². The highest BCUT2D eigenvalue weighted by molar-refractivity contribution is 5.73. The van der Waals surface area contributed by atoms with Crippen molar-refractivity contribution in [2.45, 2.75) is 26.3 Å². The quantitative estimate of drug-likeness (QED) is 0.609. The third-order valence-electron chi connectivity index (χ3n) is 5.00. The van der Waals surface area contributed by atoms with E-state index in [1.165, 1.54) is 13.1 Å². The third kappa shape index (κ3) is 7.27. The Hall–Kier alpha value is -1.99. The van der Waals surface area contributed by atoms with E-state index in [0.717, 1.165) is 44.6 Å². The van der Waals surface area contributed by atoms with Gasteiger partial charge in [0.25, 0.3) is 0 Å². The highest BCUT2D eigenvalue weighted by atomic mass is 16.5. The summed E-state index contributed by atoms with van der Waals surface area (Å²) in [6.45, 7) is 10.3. The minimum absolute atomic E-state index is 0.138. The maximum Gasteiger partial charge on any atom is 0.315 e. The van der Waals surface area contributed by atoms with E-state index in [4.69, 9.17) is 9.47 Å². The van der Waals surface area contributed by atoms with Crippen LogP contribution in [0.1, 0.15) is 25.3 Å². The topological polar surface area (TPSA) is 66.1 Å². The van der Waals surface area contributed by atoms with Crippen molar-refractivity contribution in [2.24, 2.45) is 0 Å². The molecule has 27 heavy (non-hydrogen) atoms. The highest BCUT2D eigenvalue weighted by Crippen LogP contribution is 2.27. The second-order valence-electron chi connectivity index (χ2n) is 6.78. The number of carbonyl (C=O) groups excluding carboxylic acids is 1. The van der Waals surface area contributed by atoms with Crippen molar-refractivity contribution in [3.63, 3.8) is 0 Å². The summed E-state index contributed by atoms with van der Waals surface area (Å²) in [5.41, 5.74) is 0.967. The van der Waals surface area contributed by atoms with E-state index in [-0.39, 0.29) is 6.03 Å². The predicted molar refractivity (Wildman–Crippen MR) is 108 cm³/mol. The normalized spacial score (nSPS) is 15.4. The van der Waals surface area contributed by atoms with Crippen LogP contribution in [0, 0.1) is 0 Å². The van der Waals surface area contributed by atoms with E-state index in [9.17, 15) is 4.79 Å². The molecule has 1 aliphatic rings. The number of piperazine rings is 1. The first-order chi connectivity index (χ1) is 13.2. The number of likely N-dealkylation sites (N-methyl/N-ethyl adjacent to an activating group) is 1. The Morgan fingerprint density at radius 3 is 2.37 bits per heavy atom. The second kappa shape index (κ2) is 11.7. The Bertz CT molecular complexity index is 574. The number of benzene rings is 1. The van der Waals surface area contributed by atoms with E-state index >= 15 is 0 Å². The predicted octanol–water partition coefficient (Wildman–Crippen LogP) is 1.92. The Morgan fingerprint density at radius 2 is 1.70 bits per heavy atom. The van der Waals surface area contributed by atoms with Crippen molar-refractivity contribution in [2.75, 3.05) is 60.0 Å². The van der Waals surface area contributed by atoms with Gasteiger partial charge in [0.15, 0.2) is 11.5 Å². The summed E-state index contributed by atoms with van der Waals surface area (Å²) < 4.78 is 10.5. The molecule has 2 N–H and O–H groups in total. The molecule has 1 aromatic carbocycles. The van der Waals surface area contributed by atoms with Crippen LogP contribution in [-0.2, 0) is 6.54 Å². The number of hydrogen-bond acceptors (Lipinski definition) is 5. The summed E-state index contributed by atoms with van der Waals surface area (Å²) in [6, 6.07) is 5.49. The molecule has 0 saturated carbocycles. The number of hydrogen-bond donors (Lipinski definition) is 2. The Kier molecular flexibility index (Phi) is 9.21. The van der Waals surface area contributed by atoms with Crippen molar-refractivity contribution < 1.29 is 14.3 Å². The molecule has 0 bridgehead atoms. The van der Waals surface area contributed by atoms with Crippen LogP contribution in [0.2, 0.25) is 0 Å². The molecule has 1 saturated heterocycles. The van der Waals surface area contributed by atoms with Crippen LogP contribution in [0.15, 0.2) is 18.2 Å². The number of nitrogens with zero attached hydrogens (tertiary/aromatic N) is 2. The van der Waals surface area contributed by atoms with Crippen molar-refractivity contribution in [3.8, 4) is 11.5 Å². The summed E-state index contributed by atoms with van der Waals surface area (Å²) in [5, 5.41) is 5.80. The summed E-state index contributed by atoms with van der Waals surface area (Å²) in [6.07, 6.45) is 2.11. The first-order valence-corrected chi connectivity index (χ1v) is 9.83. The molecule has 0 aliphatic carbocycles. The van der Waals surface area contributed by atoms with Gasteiger partial charge >= 0.3 is 6.03 Å². The molecule has 2 rings (SSSR count). The van der Waals surface area contributed by atoms with Gasteiger partial charge in [-0.3, -0.25) is 0 Å². The highest BCUT2D eigenvalue weighted by Gasteiger charge is 2.14. The minimum atomic E-state index is -0.138. The lowest BCUT2D eigenvalue weighted by Crippen LogP contribution is -2.46. The zero-order chi connectivity index (χ0) is 19.5. The molecule has 0 radical (unpaired) electrons. The van der Waals surface area contributed by atoms with Gasteiger partial charge in [-0.15, -0.1) is 0 Å². The number of methoxy groups -OCH3 is 2. The van der Waals surface area contributed by atoms with Crippen LogP contribution in [0.25, 0.3) is 0 Å². The van der Waals surface area contributed by atoms with Crippen LogP contribution in [0.5, 0.6) is 11.5 Å². The molecule has 0 aromatic heterocycles. The third-order valence-corrected chi connectivity index (χ3v) is 5.00. The van der Waals surface area contributed by atoms with Gasteiger partial charge in [-0.25, -0.2) is 4.79 Å². The summed E-state index contributed by atoms with van der Waals surface area (Å²) in [5.74, 6) is 1.35. The van der Waals surface area contributed by atoms with Crippen molar-refractivity contribution >= 4 is 6.03 Å². The maximum absolute atomic E-state index is 11.9. The molecule has 1 aliphatic heterocycles. The van der Waals surface area contributed by atoms with E-state index in [2.05, 4.69) is 27.4 Å². The van der Waals surface area contributed by atoms with Crippen molar-refractivity contribution in [1.82, 2.24) is 20.4 Å². The number of ether oxygens (including phenoxy) is 2. The van der Waals surface area contributed by atoms with Crippen LogP contribution in [-0.4, -0.2) is 75.9 Å². The number of unbranched alkanes of at least 4 members (excludes halogenated alkanes) is 1. The molecule has 152 valence electrons. The molecular formula is C20H34N4O3. The second-order valence-corrected chi connectivity index (χ2v) is 6.78. The molecule has 0 unspecified atom stereocenters. The summed E-state index contributed by atoms with van der Waals surface area (Å²) >= 11 is 0. The molecular weight excluding hydrogens is 344 g/mol. The van der Waals surface area contributed by atoms with Gasteiger partial charge in [-0.2, -0.15) is 0 Å². The zero-order valence-electron chi connectivity index (χ0n) is 16.9. The van der Waals surface area contributed by atoms with Crippen LogP contribution >= 0.6 is 0 Å². The molecule has 0 atom stereocenters. The van der Waals surface area contributed by atoms with E-state index in [0.29, 0.717) is 24.6 Å². The number of rotatable bonds is 10. The van der Waals surface area contributed by atoms with Crippen LogP contribution < -0.4 is 20.1 Å². The first-order valence-electron chi connectivity index (χ1n) is 9.83. The molecule has 7 nitrogen and oxygen atoms in total. The van der Waals surface area contributed by atoms with Crippen molar-refractivity contribution in [3.05, 3.63) is 23.8 Å². The Balaban J connectivity index is 1.56. The Morgan fingerprint density at radius 1 is 1.00 bits per heavy atom. The number of carbonyl (C=O) groups is 1. The number of urea groups is 1. The molecule has 1 fully saturated rings. The lowest BCUT2D eigenvalue weighted by molar-refractivity contribution is 0.135. The molecule has 0 spiro atoms. The molecule has 1 aromatic rings. The summed E-state index contributed by atoms with van der Waals surface area (Å²) in [7, 11) is 3.21. The molecule has 2 amide bonds. The lowest BCUT2D eigenvalue weighted by atomic mass is 10.2. The average molecular weight is 379 g/mol. The van der Waals surface area contributed by atoms with Gasteiger partial charge in [0.1, 0.15) is 0 Å². The average Bonchev–Trinajstić information content (AvgIpc) is 2.72. The number of nitrogens with one attached hydrogen (secondary N) is 2. The van der Waals surface area contributed by atoms with Crippen molar-refractivity contribution in [1.29, 1.82) is 0 Å². The minimum Gasteiger partial charge on any atom is -0.493 e. The summed E-state index contributed by atoms with van der Waals surface area (Å²) in [4.78, 5) is 16.9. The van der Waals surface area contributed by atoms with Gasteiger partial charge in [0.05, 0.1) is 14.2 Å². The van der Waals surface area contributed by atoms with Gasteiger partial charge in [-0.05, 0) is 43.6 Å². The largest absolute Gasteiger partial charge is 0.493 e. The van der Waals surface area contributed by atoms with E-state index in [1.807, 2.05) is 18.2 Å². The zero-order valence-corrected chi connectivity index (χ0v) is 16.9. The lowest BCUT2D eigenvalue weighted by Gasteiger charge is -2.33. The monoisotopic (exact) mass is 378 g/mol. The fraction of sp³-hybridized carbons (Fsp3) is 0.650. The maximum atomic E-state index is 11.9. The molecule has 1 heterocycles. The van der Waals surface area contributed by atoms with Crippen LogP contribution in [0.4, 0.5) is 4.79 Å². The smallest absolute Gasteiger partial charge is 0.315 e. The standard InChI is InChI=1S/C20H34N4O3/c1-4-23-11-13-24(14-12-23)10-6-5-9-21-20(25)22-16-17-7-8-18(26-2)19(15-17)27-3/h7-8,15H,4-6,9-14,16H2,1-3H3,(H2,21,22,25). The van der Waals surface area contributed by atoms with Gasteiger partial charge in [0.2, 0.25) is 0 Å². The molecule has 7 heteroatoms. The number of amides is 2. The fourth-order valence-electron chi connectivity index (χ4n) is 3.23.